The van der Waals surface area contributed by atoms with E-state index < -0.39 is 17.5 Å². The van der Waals surface area contributed by atoms with Gasteiger partial charge < -0.3 is 15.6 Å². The number of fused-ring (bicyclic) bond motifs is 1. The number of hydrogen-bond acceptors (Lipinski definition) is 5. The Hall–Kier alpha value is -4.69. The van der Waals surface area contributed by atoms with E-state index in [1.807, 2.05) is 6.92 Å². The highest BCUT2D eigenvalue weighted by atomic mass is 32.1. The van der Waals surface area contributed by atoms with E-state index in [2.05, 4.69) is 30.4 Å². The maximum Gasteiger partial charge on any atom is 0.270 e. The van der Waals surface area contributed by atoms with E-state index >= 15 is 4.39 Å². The minimum absolute atomic E-state index is 0.0453. The molecule has 1 aliphatic carbocycles. The van der Waals surface area contributed by atoms with Gasteiger partial charge in [-0.3, -0.25) is 4.79 Å². The molecule has 3 heterocycles. The second kappa shape index (κ2) is 11.3. The van der Waals surface area contributed by atoms with Crippen molar-refractivity contribution in [3.63, 3.8) is 0 Å². The molecule has 2 unspecified atom stereocenters. The molecule has 2 atom stereocenters. The summed E-state index contributed by atoms with van der Waals surface area (Å²) in [5, 5.41) is 8.97. The highest BCUT2D eigenvalue weighted by Crippen LogP contribution is 2.44. The number of carbonyl (C=O) groups is 1. The van der Waals surface area contributed by atoms with Crippen molar-refractivity contribution >= 4 is 39.7 Å². The minimum Gasteiger partial charge on any atom is -0.365 e. The first-order chi connectivity index (χ1) is 20.3. The summed E-state index contributed by atoms with van der Waals surface area (Å²) in [7, 11) is 0. The van der Waals surface area contributed by atoms with Crippen molar-refractivity contribution in [3.05, 3.63) is 93.6 Å². The molecule has 0 aliphatic heterocycles. The average molecular weight is 587 g/mol. The normalized spacial score (nSPS) is 16.7. The number of H-pyrrole nitrogens is 1. The van der Waals surface area contributed by atoms with Crippen LogP contribution in [0.2, 0.25) is 0 Å². The number of nitrogens with zero attached hydrogens (tertiary/aromatic N) is 3. The third-order valence-electron chi connectivity index (χ3n) is 7.45. The fraction of sp³-hybridized carbons (Fsp3) is 0.226. The molecule has 3 N–H and O–H groups in total. The van der Waals surface area contributed by atoms with E-state index in [1.54, 1.807) is 35.7 Å². The van der Waals surface area contributed by atoms with Crippen LogP contribution in [-0.2, 0) is 0 Å². The lowest BCUT2D eigenvalue weighted by Gasteiger charge is -2.31. The molecule has 1 aliphatic rings. The van der Waals surface area contributed by atoms with Crippen molar-refractivity contribution in [1.82, 2.24) is 20.3 Å². The molecule has 2 aromatic carbocycles. The minimum atomic E-state index is -0.785. The Morgan fingerprint density at radius 1 is 1.12 bits per heavy atom. The number of aromatic amines is 1. The molecule has 1 saturated carbocycles. The molecule has 5 aromatic rings. The fourth-order valence-electron chi connectivity index (χ4n) is 5.54. The monoisotopic (exact) mass is 586 g/mol. The van der Waals surface area contributed by atoms with Gasteiger partial charge in [-0.05, 0) is 44.2 Å². The summed E-state index contributed by atoms with van der Waals surface area (Å²) < 4.78 is 45.1. The lowest BCUT2D eigenvalue weighted by Crippen LogP contribution is -2.42. The summed E-state index contributed by atoms with van der Waals surface area (Å²) in [5.74, 6) is -2.58. The Kier molecular flexibility index (Phi) is 7.39. The standard InChI is InChI=1S/C31H25F3N6OS/c1-16-37-24(15-42-16)31(41)39-20-10-6-9-19(13-20)38-30-26(34)25(17-7-4-3-5-8-17)29(35-2)28(40-30)22-14-36-27-21(22)11-18(32)12-23(27)33/h3-5,7-8,11-12,14-15,19-20,36H,6,9-10,13H2,1H3,(H,38,40)(H,39,41). The van der Waals surface area contributed by atoms with Crippen molar-refractivity contribution in [1.29, 1.82) is 0 Å². The third kappa shape index (κ3) is 5.21. The maximum absolute atomic E-state index is 16.3. The van der Waals surface area contributed by atoms with Crippen molar-refractivity contribution in [2.75, 3.05) is 5.32 Å². The van der Waals surface area contributed by atoms with Gasteiger partial charge in [0.05, 0.1) is 22.8 Å². The van der Waals surface area contributed by atoms with Gasteiger partial charge in [0.15, 0.2) is 11.6 Å². The van der Waals surface area contributed by atoms with Crippen LogP contribution >= 0.6 is 11.3 Å². The van der Waals surface area contributed by atoms with Crippen molar-refractivity contribution < 1.29 is 18.0 Å². The van der Waals surface area contributed by atoms with E-state index in [4.69, 9.17) is 6.57 Å². The number of aryl methyl sites for hydroxylation is 1. The number of halogens is 3. The summed E-state index contributed by atoms with van der Waals surface area (Å²) in [6.45, 7) is 9.79. The van der Waals surface area contributed by atoms with Crippen LogP contribution in [0, 0.1) is 30.9 Å². The Bertz CT molecular complexity index is 1850. The van der Waals surface area contributed by atoms with Crippen LogP contribution in [0.1, 0.15) is 41.2 Å². The first kappa shape index (κ1) is 27.5. The molecular formula is C31H25F3N6OS. The van der Waals surface area contributed by atoms with Gasteiger partial charge in [0, 0.05) is 46.2 Å². The van der Waals surface area contributed by atoms with E-state index in [1.165, 1.54) is 17.5 Å². The molecule has 0 spiro atoms. The molecule has 212 valence electrons. The summed E-state index contributed by atoms with van der Waals surface area (Å²) in [6, 6.07) is 10.2. The van der Waals surface area contributed by atoms with Crippen LogP contribution in [0.5, 0.6) is 0 Å². The molecule has 0 saturated heterocycles. The van der Waals surface area contributed by atoms with Gasteiger partial charge >= 0.3 is 0 Å². The predicted molar refractivity (Wildman–Crippen MR) is 157 cm³/mol. The zero-order valence-corrected chi connectivity index (χ0v) is 23.3. The molecule has 42 heavy (non-hydrogen) atoms. The molecule has 7 nitrogen and oxygen atoms in total. The van der Waals surface area contributed by atoms with Crippen molar-refractivity contribution in [2.45, 2.75) is 44.7 Å². The van der Waals surface area contributed by atoms with Crippen LogP contribution in [0.15, 0.2) is 54.0 Å². The number of carbonyl (C=O) groups excluding carboxylic acids is 1. The summed E-state index contributed by atoms with van der Waals surface area (Å²) in [5.41, 5.74) is 1.26. The van der Waals surface area contributed by atoms with Gasteiger partial charge in [0.25, 0.3) is 5.91 Å². The fourth-order valence-corrected chi connectivity index (χ4v) is 6.13. The van der Waals surface area contributed by atoms with Gasteiger partial charge in [-0.25, -0.2) is 28.0 Å². The van der Waals surface area contributed by atoms with E-state index in [-0.39, 0.29) is 57.2 Å². The zero-order valence-electron chi connectivity index (χ0n) is 22.5. The summed E-state index contributed by atoms with van der Waals surface area (Å²) in [4.78, 5) is 28.0. The highest BCUT2D eigenvalue weighted by Gasteiger charge is 2.29. The van der Waals surface area contributed by atoms with Crippen LogP contribution < -0.4 is 10.6 Å². The van der Waals surface area contributed by atoms with Gasteiger partial charge in [-0.15, -0.1) is 11.3 Å². The van der Waals surface area contributed by atoms with Gasteiger partial charge in [-0.2, -0.15) is 0 Å². The van der Waals surface area contributed by atoms with Gasteiger partial charge in [0.1, 0.15) is 17.3 Å². The molecule has 3 aromatic heterocycles. The number of hydrogen-bond donors (Lipinski definition) is 3. The molecule has 0 bridgehead atoms. The number of pyridine rings is 1. The Morgan fingerprint density at radius 3 is 2.64 bits per heavy atom. The third-order valence-corrected chi connectivity index (χ3v) is 8.22. The summed E-state index contributed by atoms with van der Waals surface area (Å²) in [6.07, 6.45) is 4.26. The number of rotatable bonds is 6. The number of aromatic nitrogens is 3. The second-order valence-electron chi connectivity index (χ2n) is 10.3. The Morgan fingerprint density at radius 2 is 1.90 bits per heavy atom. The largest absolute Gasteiger partial charge is 0.365 e. The molecule has 11 heteroatoms. The van der Waals surface area contributed by atoms with Crippen molar-refractivity contribution in [3.8, 4) is 22.4 Å². The number of benzene rings is 2. The number of thiazole rings is 1. The van der Waals surface area contributed by atoms with E-state index in [0.717, 1.165) is 30.0 Å². The average Bonchev–Trinajstić information content (AvgIpc) is 3.61. The molecule has 6 rings (SSSR count). The smallest absolute Gasteiger partial charge is 0.270 e. The van der Waals surface area contributed by atoms with Crippen LogP contribution in [0.25, 0.3) is 38.1 Å². The first-order valence-corrected chi connectivity index (χ1v) is 14.3. The number of nitrogens with one attached hydrogen (secondary N) is 3. The summed E-state index contributed by atoms with van der Waals surface area (Å²) >= 11 is 1.40. The number of anilines is 1. The molecule has 0 radical (unpaired) electrons. The quantitative estimate of drug-likeness (QED) is 0.177. The van der Waals surface area contributed by atoms with Gasteiger partial charge in [0.2, 0.25) is 5.69 Å². The Balaban J connectivity index is 1.39. The Labute approximate surface area is 243 Å². The van der Waals surface area contributed by atoms with Crippen LogP contribution in [0.4, 0.5) is 24.7 Å². The lowest BCUT2D eigenvalue weighted by atomic mass is 9.90. The zero-order chi connectivity index (χ0) is 29.4. The SMILES string of the molecule is [C-]#[N+]c1c(-c2c[nH]c3c(F)cc(F)cc23)nc(NC2CCCC(NC(=O)c3csc(C)n3)C2)c(F)c1-c1ccccc1. The predicted octanol–water partition coefficient (Wildman–Crippen LogP) is 7.78. The van der Waals surface area contributed by atoms with Crippen LogP contribution in [-0.4, -0.2) is 32.9 Å². The maximum atomic E-state index is 16.3. The van der Waals surface area contributed by atoms with E-state index in [0.29, 0.717) is 24.1 Å². The highest BCUT2D eigenvalue weighted by molar-refractivity contribution is 7.09. The van der Waals surface area contributed by atoms with E-state index in [9.17, 15) is 13.6 Å². The molecule has 1 amide bonds. The van der Waals surface area contributed by atoms with Crippen LogP contribution in [0.3, 0.4) is 0 Å². The lowest BCUT2D eigenvalue weighted by molar-refractivity contribution is 0.0922. The second-order valence-corrected chi connectivity index (χ2v) is 11.3. The number of amides is 1. The first-order valence-electron chi connectivity index (χ1n) is 13.4. The molecule has 1 fully saturated rings. The van der Waals surface area contributed by atoms with Crippen molar-refractivity contribution in [2.24, 2.45) is 0 Å². The molecular weight excluding hydrogens is 561 g/mol. The topological polar surface area (TPSA) is 87.1 Å². The van der Waals surface area contributed by atoms with Gasteiger partial charge in [-0.1, -0.05) is 30.3 Å².